The molecule has 0 aromatic heterocycles. The monoisotopic (exact) mass is 276 g/mol. The van der Waals surface area contributed by atoms with E-state index in [0.717, 1.165) is 32.1 Å². The number of hydrogen-bond acceptors (Lipinski definition) is 3. The summed E-state index contributed by atoms with van der Waals surface area (Å²) in [7, 11) is 0. The maximum Gasteiger partial charge on any atom is 0.224 e. The van der Waals surface area contributed by atoms with Crippen molar-refractivity contribution in [3.63, 3.8) is 0 Å². The first-order valence-corrected chi connectivity index (χ1v) is 7.86. The second-order valence-corrected chi connectivity index (χ2v) is 6.52. The van der Waals surface area contributed by atoms with Crippen LogP contribution in [-0.2, 0) is 9.59 Å². The van der Waals surface area contributed by atoms with Crippen LogP contribution in [0.1, 0.15) is 44.9 Å². The van der Waals surface area contributed by atoms with Crippen molar-refractivity contribution in [1.82, 2.24) is 5.32 Å². The van der Waals surface area contributed by atoms with Crippen molar-refractivity contribution in [2.45, 2.75) is 51.0 Å². The van der Waals surface area contributed by atoms with Gasteiger partial charge in [0.05, 0.1) is 5.92 Å². The van der Waals surface area contributed by atoms with Gasteiger partial charge in [-0.05, 0) is 31.1 Å². The van der Waals surface area contributed by atoms with Crippen molar-refractivity contribution in [3.8, 4) is 0 Å². The zero-order chi connectivity index (χ0) is 14.1. The van der Waals surface area contributed by atoms with Crippen LogP contribution in [0.4, 0.5) is 0 Å². The molecular formula is C16H22NO3-. The van der Waals surface area contributed by atoms with E-state index in [1.165, 1.54) is 12.8 Å². The Hall–Kier alpha value is -1.32. The second-order valence-electron chi connectivity index (χ2n) is 6.52. The van der Waals surface area contributed by atoms with E-state index in [4.69, 9.17) is 0 Å². The zero-order valence-corrected chi connectivity index (χ0v) is 11.7. The number of nitrogens with one attached hydrogen (secondary N) is 1. The molecule has 4 nitrogen and oxygen atoms in total. The summed E-state index contributed by atoms with van der Waals surface area (Å²) in [6.07, 6.45) is 11.6. The van der Waals surface area contributed by atoms with Crippen LogP contribution in [0.15, 0.2) is 12.2 Å². The molecule has 110 valence electrons. The van der Waals surface area contributed by atoms with Gasteiger partial charge in [-0.2, -0.15) is 0 Å². The van der Waals surface area contributed by atoms with Gasteiger partial charge in [0.2, 0.25) is 5.91 Å². The lowest BCUT2D eigenvalue weighted by Crippen LogP contribution is -2.47. The van der Waals surface area contributed by atoms with Gasteiger partial charge < -0.3 is 15.2 Å². The highest BCUT2D eigenvalue weighted by Crippen LogP contribution is 2.47. The lowest BCUT2D eigenvalue weighted by Gasteiger charge is -2.29. The Labute approximate surface area is 119 Å². The molecule has 3 aliphatic carbocycles. The number of carbonyl (C=O) groups is 2. The van der Waals surface area contributed by atoms with E-state index in [2.05, 4.69) is 5.32 Å². The van der Waals surface area contributed by atoms with Crippen molar-refractivity contribution in [3.05, 3.63) is 12.2 Å². The predicted octanol–water partition coefficient (Wildman–Crippen LogP) is 1.01. The summed E-state index contributed by atoms with van der Waals surface area (Å²) in [5.41, 5.74) is 0. The Morgan fingerprint density at radius 3 is 2.15 bits per heavy atom. The first-order chi connectivity index (χ1) is 9.66. The molecule has 0 aromatic carbocycles. The normalized spacial score (nSPS) is 36.8. The maximum absolute atomic E-state index is 12.5. The van der Waals surface area contributed by atoms with E-state index >= 15 is 0 Å². The van der Waals surface area contributed by atoms with Crippen LogP contribution in [0.5, 0.6) is 0 Å². The zero-order valence-electron chi connectivity index (χ0n) is 11.7. The van der Waals surface area contributed by atoms with Gasteiger partial charge in [-0.25, -0.2) is 0 Å². The minimum absolute atomic E-state index is 0.00474. The van der Waals surface area contributed by atoms with Crippen molar-refractivity contribution < 1.29 is 14.7 Å². The number of hydrogen-bond donors (Lipinski definition) is 1. The SMILES string of the molecule is O=C([O-])[C@H]1[C@H](C(=O)NC2CCCCCC2)[C@H]2C=C[C@@H]1C2. The third kappa shape index (κ3) is 2.48. The summed E-state index contributed by atoms with van der Waals surface area (Å²) in [4.78, 5) is 23.8. The third-order valence-corrected chi connectivity index (χ3v) is 5.24. The van der Waals surface area contributed by atoms with Crippen LogP contribution in [0.2, 0.25) is 0 Å². The summed E-state index contributed by atoms with van der Waals surface area (Å²) < 4.78 is 0. The molecule has 0 radical (unpaired) electrons. The molecule has 1 amide bonds. The largest absolute Gasteiger partial charge is 0.550 e. The lowest BCUT2D eigenvalue weighted by atomic mass is 9.82. The fraction of sp³-hybridized carbons (Fsp3) is 0.750. The number of amides is 1. The van der Waals surface area contributed by atoms with E-state index < -0.39 is 17.8 Å². The number of rotatable bonds is 3. The van der Waals surface area contributed by atoms with Gasteiger partial charge in [-0.3, -0.25) is 4.79 Å². The second kappa shape index (κ2) is 5.58. The summed E-state index contributed by atoms with van der Waals surface area (Å²) in [6.45, 7) is 0. The summed E-state index contributed by atoms with van der Waals surface area (Å²) in [5, 5.41) is 14.4. The molecular weight excluding hydrogens is 254 g/mol. The molecule has 0 heterocycles. The van der Waals surface area contributed by atoms with Gasteiger partial charge in [0.25, 0.3) is 0 Å². The number of carboxylic acid groups (broad SMARTS) is 1. The molecule has 20 heavy (non-hydrogen) atoms. The quantitative estimate of drug-likeness (QED) is 0.618. The van der Waals surface area contributed by atoms with Crippen molar-refractivity contribution in [2.75, 3.05) is 0 Å². The van der Waals surface area contributed by atoms with Crippen LogP contribution in [-0.4, -0.2) is 17.9 Å². The van der Waals surface area contributed by atoms with Gasteiger partial charge >= 0.3 is 0 Å². The third-order valence-electron chi connectivity index (χ3n) is 5.24. The predicted molar refractivity (Wildman–Crippen MR) is 72.4 cm³/mol. The molecule has 0 unspecified atom stereocenters. The first-order valence-electron chi connectivity index (χ1n) is 7.86. The fourth-order valence-corrected chi connectivity index (χ4v) is 4.22. The van der Waals surface area contributed by atoms with Crippen LogP contribution in [0.25, 0.3) is 0 Å². The molecule has 0 spiro atoms. The van der Waals surface area contributed by atoms with Crippen LogP contribution < -0.4 is 10.4 Å². The Kier molecular flexibility index (Phi) is 3.81. The highest BCUT2D eigenvalue weighted by molar-refractivity contribution is 5.86. The molecule has 3 aliphatic rings. The minimum atomic E-state index is -1.07. The Morgan fingerprint density at radius 1 is 0.950 bits per heavy atom. The van der Waals surface area contributed by atoms with E-state index in [9.17, 15) is 14.7 Å². The lowest BCUT2D eigenvalue weighted by molar-refractivity contribution is -0.313. The van der Waals surface area contributed by atoms with Gasteiger partial charge in [-0.15, -0.1) is 0 Å². The smallest absolute Gasteiger partial charge is 0.224 e. The Bertz CT molecular complexity index is 423. The Morgan fingerprint density at radius 2 is 1.55 bits per heavy atom. The van der Waals surface area contributed by atoms with E-state index in [1.54, 1.807) is 0 Å². The van der Waals surface area contributed by atoms with Gasteiger partial charge in [0.15, 0.2) is 0 Å². The van der Waals surface area contributed by atoms with Gasteiger partial charge in [-0.1, -0.05) is 37.8 Å². The van der Waals surface area contributed by atoms with E-state index in [0.29, 0.717) is 0 Å². The number of aliphatic carboxylic acids is 1. The molecule has 3 rings (SSSR count). The fourth-order valence-electron chi connectivity index (χ4n) is 4.22. The average Bonchev–Trinajstić information content (AvgIpc) is 2.93. The first kappa shape index (κ1) is 13.7. The molecule has 2 bridgehead atoms. The molecule has 4 heteroatoms. The highest BCUT2D eigenvalue weighted by Gasteiger charge is 2.48. The van der Waals surface area contributed by atoms with Gasteiger partial charge in [0.1, 0.15) is 0 Å². The highest BCUT2D eigenvalue weighted by atomic mass is 16.4. The van der Waals surface area contributed by atoms with Crippen molar-refractivity contribution in [1.29, 1.82) is 0 Å². The summed E-state index contributed by atoms with van der Waals surface area (Å²) in [5.74, 6) is -2.09. The number of fused-ring (bicyclic) bond motifs is 2. The van der Waals surface area contributed by atoms with Crippen LogP contribution >= 0.6 is 0 Å². The number of allylic oxidation sites excluding steroid dienone is 2. The van der Waals surface area contributed by atoms with Gasteiger partial charge in [0, 0.05) is 17.9 Å². The standard InChI is InChI=1S/C16H23NO3/c18-15(17-12-5-3-1-2-4-6-12)13-10-7-8-11(9-10)14(13)16(19)20/h7-8,10-14H,1-6,9H2,(H,17,18)(H,19,20)/p-1/t10-,11+,13+,14+/m0/s1. The van der Waals surface area contributed by atoms with Crippen molar-refractivity contribution >= 4 is 11.9 Å². The summed E-state index contributed by atoms with van der Waals surface area (Å²) in [6, 6.07) is 0.232. The topological polar surface area (TPSA) is 69.2 Å². The minimum Gasteiger partial charge on any atom is -0.550 e. The number of carbonyl (C=O) groups excluding carboxylic acids is 2. The van der Waals surface area contributed by atoms with E-state index in [1.807, 2.05) is 12.2 Å². The molecule has 4 atom stereocenters. The van der Waals surface area contributed by atoms with Crippen LogP contribution in [0.3, 0.4) is 0 Å². The molecule has 2 fully saturated rings. The molecule has 2 saturated carbocycles. The molecule has 0 saturated heterocycles. The Balaban J connectivity index is 1.66. The van der Waals surface area contributed by atoms with Crippen LogP contribution in [0, 0.1) is 23.7 Å². The maximum atomic E-state index is 12.5. The average molecular weight is 276 g/mol. The molecule has 0 aromatic rings. The molecule has 1 N–H and O–H groups in total. The van der Waals surface area contributed by atoms with Crippen molar-refractivity contribution in [2.24, 2.45) is 23.7 Å². The summed E-state index contributed by atoms with van der Waals surface area (Å²) >= 11 is 0. The van der Waals surface area contributed by atoms with E-state index in [-0.39, 0.29) is 23.8 Å². The number of carboxylic acids is 1. The molecule has 0 aliphatic heterocycles.